The molecule has 2 heterocycles. The maximum absolute atomic E-state index is 4.82. The van der Waals surface area contributed by atoms with Gasteiger partial charge in [0.05, 0.1) is 17.0 Å². The number of nitrogens with zero attached hydrogens (tertiary/aromatic N) is 1. The fourth-order valence-electron chi connectivity index (χ4n) is 3.20. The topological polar surface area (TPSA) is 40.7 Å². The first-order chi connectivity index (χ1) is 10.3. The summed E-state index contributed by atoms with van der Waals surface area (Å²) in [6.07, 6.45) is 1.05. The van der Waals surface area contributed by atoms with E-state index in [2.05, 4.69) is 59.7 Å². The molecule has 1 unspecified atom stereocenters. The van der Waals surface area contributed by atoms with Crippen LogP contribution in [0.3, 0.4) is 0 Å². The average molecular weight is 277 g/mol. The second-order valence-electron chi connectivity index (χ2n) is 5.71. The number of aryl methyl sites for hydroxylation is 1. The Hall–Kier alpha value is -2.13. The van der Waals surface area contributed by atoms with Crippen molar-refractivity contribution in [1.29, 1.82) is 0 Å². The molecule has 0 saturated carbocycles. The Kier molecular flexibility index (Phi) is 3.00. The summed E-state index contributed by atoms with van der Waals surface area (Å²) in [5.74, 6) is 1.38. The zero-order chi connectivity index (χ0) is 14.2. The van der Waals surface area contributed by atoms with Crippen LogP contribution in [0, 0.1) is 0 Å². The highest BCUT2D eigenvalue weighted by Gasteiger charge is 2.23. The van der Waals surface area contributed by atoms with Crippen molar-refractivity contribution in [1.82, 2.24) is 15.3 Å². The molecule has 0 radical (unpaired) electrons. The molecule has 0 amide bonds. The number of hydrogen-bond acceptors (Lipinski definition) is 2. The quantitative estimate of drug-likeness (QED) is 0.754. The SMILES string of the molecule is CCc1ccc2nc(C3CNCc4ccccc43)[nH]c2c1. The van der Waals surface area contributed by atoms with Crippen molar-refractivity contribution < 1.29 is 0 Å². The maximum atomic E-state index is 4.82. The first kappa shape index (κ1) is 12.6. The highest BCUT2D eigenvalue weighted by molar-refractivity contribution is 5.76. The Morgan fingerprint density at radius 2 is 2.10 bits per heavy atom. The van der Waals surface area contributed by atoms with E-state index < -0.39 is 0 Å². The van der Waals surface area contributed by atoms with Gasteiger partial charge in [-0.3, -0.25) is 0 Å². The number of aromatic amines is 1. The Morgan fingerprint density at radius 1 is 1.19 bits per heavy atom. The molecule has 1 aliphatic heterocycles. The molecule has 0 fully saturated rings. The number of benzene rings is 2. The standard InChI is InChI=1S/C18H19N3/c1-2-12-7-8-16-17(9-12)21-18(20-16)15-11-19-10-13-5-3-4-6-14(13)15/h3-9,15,19H,2,10-11H2,1H3,(H,20,21). The van der Waals surface area contributed by atoms with Gasteiger partial charge in [-0.25, -0.2) is 4.98 Å². The average Bonchev–Trinajstić information content (AvgIpc) is 2.97. The lowest BCUT2D eigenvalue weighted by atomic mass is 9.90. The van der Waals surface area contributed by atoms with E-state index in [9.17, 15) is 0 Å². The summed E-state index contributed by atoms with van der Waals surface area (Å²) in [4.78, 5) is 8.34. The first-order valence-electron chi connectivity index (χ1n) is 7.62. The van der Waals surface area contributed by atoms with Gasteiger partial charge in [0.15, 0.2) is 0 Å². The molecule has 1 aromatic heterocycles. The van der Waals surface area contributed by atoms with Crippen LogP contribution in [0.1, 0.15) is 35.4 Å². The zero-order valence-corrected chi connectivity index (χ0v) is 12.2. The largest absolute Gasteiger partial charge is 0.341 e. The van der Waals surface area contributed by atoms with Crippen LogP contribution in [0.15, 0.2) is 42.5 Å². The molecule has 2 aromatic carbocycles. The summed E-state index contributed by atoms with van der Waals surface area (Å²) in [5, 5.41) is 3.50. The van der Waals surface area contributed by atoms with E-state index >= 15 is 0 Å². The zero-order valence-electron chi connectivity index (χ0n) is 12.2. The highest BCUT2D eigenvalue weighted by atomic mass is 15.0. The van der Waals surface area contributed by atoms with Crippen LogP contribution in [0.25, 0.3) is 11.0 Å². The number of rotatable bonds is 2. The number of nitrogens with one attached hydrogen (secondary N) is 2. The third-order valence-electron chi connectivity index (χ3n) is 4.40. The van der Waals surface area contributed by atoms with Crippen molar-refractivity contribution in [2.75, 3.05) is 6.54 Å². The van der Waals surface area contributed by atoms with Crippen LogP contribution in [-0.4, -0.2) is 16.5 Å². The van der Waals surface area contributed by atoms with Gasteiger partial charge in [-0.1, -0.05) is 37.3 Å². The minimum absolute atomic E-state index is 0.312. The Morgan fingerprint density at radius 3 is 3.00 bits per heavy atom. The molecule has 0 spiro atoms. The summed E-state index contributed by atoms with van der Waals surface area (Å²) in [6, 6.07) is 15.2. The smallest absolute Gasteiger partial charge is 0.116 e. The molecule has 21 heavy (non-hydrogen) atoms. The van der Waals surface area contributed by atoms with E-state index in [4.69, 9.17) is 4.98 Å². The van der Waals surface area contributed by atoms with E-state index in [1.165, 1.54) is 16.7 Å². The van der Waals surface area contributed by atoms with Crippen LogP contribution in [0.5, 0.6) is 0 Å². The molecule has 4 rings (SSSR count). The van der Waals surface area contributed by atoms with E-state index in [0.717, 1.165) is 36.4 Å². The number of imidazole rings is 1. The summed E-state index contributed by atoms with van der Waals surface area (Å²) in [7, 11) is 0. The van der Waals surface area contributed by atoms with Crippen molar-refractivity contribution in [3.8, 4) is 0 Å². The second-order valence-corrected chi connectivity index (χ2v) is 5.71. The van der Waals surface area contributed by atoms with E-state index in [0.29, 0.717) is 5.92 Å². The lowest BCUT2D eigenvalue weighted by Gasteiger charge is -2.24. The first-order valence-corrected chi connectivity index (χ1v) is 7.62. The molecule has 1 atom stereocenters. The molecule has 0 aliphatic carbocycles. The van der Waals surface area contributed by atoms with Gasteiger partial charge in [-0.05, 0) is 35.2 Å². The van der Waals surface area contributed by atoms with Gasteiger partial charge < -0.3 is 10.3 Å². The Bertz CT molecular complexity index is 788. The normalized spacial score (nSPS) is 17.9. The van der Waals surface area contributed by atoms with Gasteiger partial charge in [0.2, 0.25) is 0 Å². The predicted octanol–water partition coefficient (Wildman–Crippen LogP) is 3.36. The fourth-order valence-corrected chi connectivity index (χ4v) is 3.20. The van der Waals surface area contributed by atoms with Gasteiger partial charge >= 0.3 is 0 Å². The summed E-state index contributed by atoms with van der Waals surface area (Å²) >= 11 is 0. The molecule has 3 heteroatoms. The van der Waals surface area contributed by atoms with Crippen LogP contribution >= 0.6 is 0 Å². The third kappa shape index (κ3) is 2.14. The van der Waals surface area contributed by atoms with Crippen molar-refractivity contribution in [2.24, 2.45) is 0 Å². The molecule has 3 aromatic rings. The van der Waals surface area contributed by atoms with E-state index in [-0.39, 0.29) is 0 Å². The van der Waals surface area contributed by atoms with Crippen LogP contribution < -0.4 is 5.32 Å². The van der Waals surface area contributed by atoms with Crippen molar-refractivity contribution >= 4 is 11.0 Å². The van der Waals surface area contributed by atoms with Crippen molar-refractivity contribution in [3.05, 3.63) is 65.0 Å². The van der Waals surface area contributed by atoms with Gasteiger partial charge in [0, 0.05) is 13.1 Å². The Labute approximate surface area is 124 Å². The van der Waals surface area contributed by atoms with E-state index in [1.54, 1.807) is 0 Å². The van der Waals surface area contributed by atoms with Crippen molar-refractivity contribution in [2.45, 2.75) is 25.8 Å². The molecule has 106 valence electrons. The predicted molar refractivity (Wildman–Crippen MR) is 85.5 cm³/mol. The molecule has 3 nitrogen and oxygen atoms in total. The summed E-state index contributed by atoms with van der Waals surface area (Å²) in [5.41, 5.74) is 6.33. The molecule has 2 N–H and O–H groups in total. The minimum Gasteiger partial charge on any atom is -0.341 e. The number of aromatic nitrogens is 2. The molecular formula is C18H19N3. The van der Waals surface area contributed by atoms with Crippen molar-refractivity contribution in [3.63, 3.8) is 0 Å². The van der Waals surface area contributed by atoms with Gasteiger partial charge in [0.1, 0.15) is 5.82 Å². The monoisotopic (exact) mass is 277 g/mol. The maximum Gasteiger partial charge on any atom is 0.116 e. The third-order valence-corrected chi connectivity index (χ3v) is 4.40. The molecule has 0 bridgehead atoms. The highest BCUT2D eigenvalue weighted by Crippen LogP contribution is 2.29. The fraction of sp³-hybridized carbons (Fsp3) is 0.278. The van der Waals surface area contributed by atoms with Gasteiger partial charge in [-0.15, -0.1) is 0 Å². The van der Waals surface area contributed by atoms with Crippen LogP contribution in [-0.2, 0) is 13.0 Å². The van der Waals surface area contributed by atoms with E-state index in [1.807, 2.05) is 0 Å². The van der Waals surface area contributed by atoms with Crippen LogP contribution in [0.4, 0.5) is 0 Å². The lowest BCUT2D eigenvalue weighted by molar-refractivity contribution is 0.576. The van der Waals surface area contributed by atoms with Crippen LogP contribution in [0.2, 0.25) is 0 Å². The minimum atomic E-state index is 0.312. The Balaban J connectivity index is 1.80. The molecule has 1 aliphatic rings. The number of hydrogen-bond donors (Lipinski definition) is 2. The molecular weight excluding hydrogens is 258 g/mol. The number of H-pyrrole nitrogens is 1. The summed E-state index contributed by atoms with van der Waals surface area (Å²) in [6.45, 7) is 4.07. The number of fused-ring (bicyclic) bond motifs is 2. The summed E-state index contributed by atoms with van der Waals surface area (Å²) < 4.78 is 0. The van der Waals surface area contributed by atoms with Gasteiger partial charge in [-0.2, -0.15) is 0 Å². The van der Waals surface area contributed by atoms with Gasteiger partial charge in [0.25, 0.3) is 0 Å². The molecule has 0 saturated heterocycles. The second kappa shape index (κ2) is 5.01. The lowest BCUT2D eigenvalue weighted by Crippen LogP contribution is -2.29.